The van der Waals surface area contributed by atoms with E-state index in [0.717, 1.165) is 12.1 Å². The lowest BCUT2D eigenvalue weighted by Gasteiger charge is -2.13. The van der Waals surface area contributed by atoms with Crippen molar-refractivity contribution in [2.45, 2.75) is 12.2 Å². The number of halogens is 4. The van der Waals surface area contributed by atoms with Gasteiger partial charge >= 0.3 is 12.1 Å². The number of anilines is 1. The van der Waals surface area contributed by atoms with Gasteiger partial charge < -0.3 is 16.2 Å². The zero-order valence-electron chi connectivity index (χ0n) is 8.96. The summed E-state index contributed by atoms with van der Waals surface area (Å²) in [6.45, 7) is -0.186. The van der Waals surface area contributed by atoms with Gasteiger partial charge in [-0.15, -0.1) is 0 Å². The number of carbonyl (C=O) groups is 1. The molecule has 0 aliphatic rings. The average molecular weight is 283 g/mol. The van der Waals surface area contributed by atoms with Gasteiger partial charge in [0.05, 0.1) is 10.6 Å². The molecule has 4 N–H and O–H groups in total. The minimum absolute atomic E-state index is 0.100. The fraction of sp³-hybridized carbons (Fsp3) is 0.300. The number of carboxylic acid groups (broad SMARTS) is 1. The van der Waals surface area contributed by atoms with E-state index in [0.29, 0.717) is 0 Å². The first-order valence-corrected chi connectivity index (χ1v) is 5.18. The first kappa shape index (κ1) is 14.6. The highest BCUT2D eigenvalue weighted by atomic mass is 35.5. The summed E-state index contributed by atoms with van der Waals surface area (Å²) >= 11 is 5.43. The fourth-order valence-corrected chi connectivity index (χ4v) is 1.39. The second kappa shape index (κ2) is 5.45. The van der Waals surface area contributed by atoms with Crippen molar-refractivity contribution in [3.8, 4) is 0 Å². The van der Waals surface area contributed by atoms with Crippen molar-refractivity contribution in [3.05, 3.63) is 28.8 Å². The molecule has 1 unspecified atom stereocenters. The zero-order valence-corrected chi connectivity index (χ0v) is 9.72. The molecule has 0 aliphatic carbocycles. The van der Waals surface area contributed by atoms with Crippen LogP contribution in [0, 0.1) is 0 Å². The molecule has 0 aliphatic heterocycles. The lowest BCUT2D eigenvalue weighted by Crippen LogP contribution is -2.36. The average Bonchev–Trinajstić information content (AvgIpc) is 2.25. The van der Waals surface area contributed by atoms with Gasteiger partial charge in [0.1, 0.15) is 6.04 Å². The number of aliphatic carboxylic acids is 1. The summed E-state index contributed by atoms with van der Waals surface area (Å²) in [7, 11) is 0. The molecule has 100 valence electrons. The molecule has 1 aromatic rings. The number of hydrogen-bond acceptors (Lipinski definition) is 3. The van der Waals surface area contributed by atoms with E-state index >= 15 is 0 Å². The number of benzene rings is 1. The molecule has 1 atom stereocenters. The van der Waals surface area contributed by atoms with Crippen LogP contribution in [0.25, 0.3) is 0 Å². The standard InChI is InChI=1S/C10H10ClF3N2O2/c11-7-2-1-5(3-6(7)10(12,13)14)16-4-8(15)9(17)18/h1-3,8,16H,4,15H2,(H,17,18). The van der Waals surface area contributed by atoms with Gasteiger partial charge in [0.25, 0.3) is 0 Å². The molecule has 0 amide bonds. The first-order chi connectivity index (χ1) is 8.21. The maximum atomic E-state index is 12.5. The molecule has 1 rings (SSSR count). The van der Waals surface area contributed by atoms with Crippen molar-refractivity contribution in [2.24, 2.45) is 5.73 Å². The van der Waals surface area contributed by atoms with Gasteiger partial charge in [-0.05, 0) is 18.2 Å². The van der Waals surface area contributed by atoms with Crippen LogP contribution in [0.1, 0.15) is 5.56 Å². The third-order valence-corrected chi connectivity index (χ3v) is 2.44. The van der Waals surface area contributed by atoms with Gasteiger partial charge in [0.2, 0.25) is 0 Å². The number of nitrogens with two attached hydrogens (primary N) is 1. The molecule has 0 fully saturated rings. The van der Waals surface area contributed by atoms with Crippen molar-refractivity contribution in [1.82, 2.24) is 0 Å². The second-order valence-corrected chi connectivity index (χ2v) is 3.93. The summed E-state index contributed by atoms with van der Waals surface area (Å²) in [5.41, 5.74) is 4.32. The van der Waals surface area contributed by atoms with E-state index in [1.165, 1.54) is 6.07 Å². The lowest BCUT2D eigenvalue weighted by atomic mass is 10.2. The van der Waals surface area contributed by atoms with E-state index < -0.39 is 28.8 Å². The highest BCUT2D eigenvalue weighted by Gasteiger charge is 2.33. The Labute approximate surface area is 106 Å². The molecule has 4 nitrogen and oxygen atoms in total. The van der Waals surface area contributed by atoms with Crippen LogP contribution in [0.5, 0.6) is 0 Å². The minimum Gasteiger partial charge on any atom is -0.480 e. The van der Waals surface area contributed by atoms with Gasteiger partial charge in [0.15, 0.2) is 0 Å². The van der Waals surface area contributed by atoms with Crippen molar-refractivity contribution < 1.29 is 23.1 Å². The van der Waals surface area contributed by atoms with Crippen LogP contribution >= 0.6 is 11.6 Å². The summed E-state index contributed by atoms with van der Waals surface area (Å²) in [6.07, 6.45) is -4.57. The van der Waals surface area contributed by atoms with Gasteiger partial charge in [-0.2, -0.15) is 13.2 Å². The fourth-order valence-electron chi connectivity index (χ4n) is 1.17. The summed E-state index contributed by atoms with van der Waals surface area (Å²) in [6, 6.07) is 2.00. The molecule has 0 aromatic heterocycles. The number of carboxylic acids is 1. The summed E-state index contributed by atoms with van der Waals surface area (Å²) in [4.78, 5) is 10.4. The molecule has 8 heteroatoms. The Kier molecular flexibility index (Phi) is 4.42. The van der Waals surface area contributed by atoms with Gasteiger partial charge in [-0.25, -0.2) is 0 Å². The molecule has 1 aromatic carbocycles. The number of hydrogen-bond donors (Lipinski definition) is 3. The van der Waals surface area contributed by atoms with Crippen molar-refractivity contribution in [3.63, 3.8) is 0 Å². The van der Waals surface area contributed by atoms with Crippen LogP contribution in [0.15, 0.2) is 18.2 Å². The van der Waals surface area contributed by atoms with E-state index in [-0.39, 0.29) is 12.2 Å². The lowest BCUT2D eigenvalue weighted by molar-refractivity contribution is -0.138. The van der Waals surface area contributed by atoms with Crippen LogP contribution in [-0.4, -0.2) is 23.7 Å². The third kappa shape index (κ3) is 3.78. The molecule has 0 radical (unpaired) electrons. The summed E-state index contributed by atoms with van der Waals surface area (Å²) < 4.78 is 37.6. The van der Waals surface area contributed by atoms with E-state index in [9.17, 15) is 18.0 Å². The van der Waals surface area contributed by atoms with Crippen LogP contribution in [0.2, 0.25) is 5.02 Å². The highest BCUT2D eigenvalue weighted by Crippen LogP contribution is 2.36. The Morgan fingerprint density at radius 1 is 1.50 bits per heavy atom. The zero-order chi connectivity index (χ0) is 13.9. The van der Waals surface area contributed by atoms with E-state index in [1.807, 2.05) is 0 Å². The van der Waals surface area contributed by atoms with Crippen LogP contribution in [0.3, 0.4) is 0 Å². The Morgan fingerprint density at radius 2 is 2.11 bits per heavy atom. The summed E-state index contributed by atoms with van der Waals surface area (Å²) in [5, 5.41) is 10.6. The summed E-state index contributed by atoms with van der Waals surface area (Å²) in [5.74, 6) is -1.24. The first-order valence-electron chi connectivity index (χ1n) is 4.81. The smallest absolute Gasteiger partial charge is 0.417 e. The van der Waals surface area contributed by atoms with Crippen molar-refractivity contribution in [2.75, 3.05) is 11.9 Å². The Morgan fingerprint density at radius 3 is 2.61 bits per heavy atom. The van der Waals surface area contributed by atoms with Gasteiger partial charge in [-0.1, -0.05) is 11.6 Å². The molecule has 18 heavy (non-hydrogen) atoms. The van der Waals surface area contributed by atoms with Crippen molar-refractivity contribution >= 4 is 23.3 Å². The SMILES string of the molecule is NC(CNc1ccc(Cl)c(C(F)(F)F)c1)C(=O)O. The van der Waals surface area contributed by atoms with E-state index in [1.54, 1.807) is 0 Å². The van der Waals surface area contributed by atoms with E-state index in [4.69, 9.17) is 22.4 Å². The van der Waals surface area contributed by atoms with E-state index in [2.05, 4.69) is 5.32 Å². The highest BCUT2D eigenvalue weighted by molar-refractivity contribution is 6.31. The third-order valence-electron chi connectivity index (χ3n) is 2.12. The molecule has 0 heterocycles. The predicted molar refractivity (Wildman–Crippen MR) is 60.6 cm³/mol. The quantitative estimate of drug-likeness (QED) is 0.791. The monoisotopic (exact) mass is 282 g/mol. The van der Waals surface area contributed by atoms with Crippen molar-refractivity contribution in [1.29, 1.82) is 0 Å². The van der Waals surface area contributed by atoms with Crippen LogP contribution in [-0.2, 0) is 11.0 Å². The molecule has 0 spiro atoms. The number of rotatable bonds is 4. The maximum Gasteiger partial charge on any atom is 0.417 e. The molecular weight excluding hydrogens is 273 g/mol. The van der Waals surface area contributed by atoms with Crippen LogP contribution in [0.4, 0.5) is 18.9 Å². The van der Waals surface area contributed by atoms with Gasteiger partial charge in [0, 0.05) is 12.2 Å². The Balaban J connectivity index is 2.83. The van der Waals surface area contributed by atoms with Crippen LogP contribution < -0.4 is 11.1 Å². The molecular formula is C10H10ClF3N2O2. The number of alkyl halides is 3. The largest absolute Gasteiger partial charge is 0.480 e. The number of nitrogens with one attached hydrogen (secondary N) is 1. The predicted octanol–water partition coefficient (Wildman–Crippen LogP) is 2.18. The Hall–Kier alpha value is -1.47. The minimum atomic E-state index is -4.57. The van der Waals surface area contributed by atoms with Gasteiger partial charge in [-0.3, -0.25) is 4.79 Å². The maximum absolute atomic E-state index is 12.5. The molecule has 0 saturated carbocycles. The second-order valence-electron chi connectivity index (χ2n) is 3.52. The molecule has 0 saturated heterocycles. The topological polar surface area (TPSA) is 75.3 Å². The normalized spacial score (nSPS) is 13.2. The molecule has 0 bridgehead atoms. The Bertz CT molecular complexity index is 451.